The Morgan fingerprint density at radius 2 is 1.77 bits per heavy atom. The first-order valence-corrected chi connectivity index (χ1v) is 14.4. The van der Waals surface area contributed by atoms with Gasteiger partial charge in [-0.15, -0.1) is 0 Å². The summed E-state index contributed by atoms with van der Waals surface area (Å²) in [6, 6.07) is 21.0. The maximum atomic E-state index is 13.3. The van der Waals surface area contributed by atoms with Gasteiger partial charge in [-0.2, -0.15) is 9.78 Å². The fourth-order valence-electron chi connectivity index (χ4n) is 4.62. The monoisotopic (exact) mass is 636 g/mol. The average molecular weight is 638 g/mol. The van der Waals surface area contributed by atoms with Crippen LogP contribution < -0.4 is 10.3 Å². The molecule has 2 heterocycles. The Morgan fingerprint density at radius 1 is 1.00 bits per heavy atom. The molecule has 204 valence electrons. The summed E-state index contributed by atoms with van der Waals surface area (Å²) in [5.41, 5.74) is 5.40. The third-order valence-electron chi connectivity index (χ3n) is 6.62. The number of nitrogens with zero attached hydrogens (tertiary/aromatic N) is 4. The Kier molecular flexibility index (Phi) is 8.45. The van der Waals surface area contributed by atoms with Crippen LogP contribution in [0.5, 0.6) is 5.75 Å². The van der Waals surface area contributed by atoms with Crippen LogP contribution in [0.25, 0.3) is 16.6 Å². The van der Waals surface area contributed by atoms with Gasteiger partial charge in [0, 0.05) is 33.5 Å². The van der Waals surface area contributed by atoms with Crippen LogP contribution in [-0.2, 0) is 13.0 Å². The van der Waals surface area contributed by atoms with Gasteiger partial charge in [0.1, 0.15) is 18.2 Å². The molecule has 0 unspecified atom stereocenters. The largest absolute Gasteiger partial charge is 0.489 e. The second-order valence-corrected chi connectivity index (χ2v) is 11.2. The van der Waals surface area contributed by atoms with Gasteiger partial charge in [0.05, 0.1) is 27.2 Å². The number of hydrogen-bond acceptors (Lipinski definition) is 4. The molecule has 0 saturated heterocycles. The second-order valence-electron chi connectivity index (χ2n) is 9.49. The van der Waals surface area contributed by atoms with E-state index < -0.39 is 0 Å². The molecular formula is C31H27BrCl2N4O2. The second kappa shape index (κ2) is 12.0. The van der Waals surface area contributed by atoms with Crippen molar-refractivity contribution in [2.24, 2.45) is 5.10 Å². The zero-order valence-electron chi connectivity index (χ0n) is 22.3. The highest BCUT2D eigenvalue weighted by Crippen LogP contribution is 2.25. The molecule has 0 saturated carbocycles. The molecule has 5 rings (SSSR count). The van der Waals surface area contributed by atoms with Gasteiger partial charge in [0.15, 0.2) is 0 Å². The third-order valence-corrected chi connectivity index (χ3v) is 7.85. The molecule has 0 aliphatic heterocycles. The number of halogens is 3. The number of ether oxygens (including phenoxy) is 1. The molecule has 40 heavy (non-hydrogen) atoms. The first-order valence-electron chi connectivity index (χ1n) is 12.9. The van der Waals surface area contributed by atoms with E-state index in [1.807, 2.05) is 56.3 Å². The third kappa shape index (κ3) is 5.87. The number of fused-ring (bicyclic) bond motifs is 1. The Bertz CT molecular complexity index is 1790. The molecule has 2 aromatic heterocycles. The van der Waals surface area contributed by atoms with Gasteiger partial charge in [-0.25, -0.2) is 4.98 Å². The molecule has 0 bridgehead atoms. The standard InChI is InChI=1S/C31H27BrCl2N4O2/c1-4-5-30-36-29-13-7-23(32)16-26(29)31(39)38(30)35-17-22-14-19(2)37(20(22)3)24-8-10-25(11-9-24)40-18-21-6-12-27(33)28(34)15-21/h6-17H,4-5,18H2,1-3H3. The molecule has 0 aliphatic rings. The van der Waals surface area contributed by atoms with Crippen LogP contribution in [0.15, 0.2) is 81.1 Å². The normalized spacial score (nSPS) is 11.6. The van der Waals surface area contributed by atoms with Crippen LogP contribution >= 0.6 is 39.1 Å². The molecule has 0 fully saturated rings. The molecule has 0 radical (unpaired) electrons. The van der Waals surface area contributed by atoms with Crippen molar-refractivity contribution in [3.63, 3.8) is 0 Å². The lowest BCUT2D eigenvalue weighted by atomic mass is 10.2. The smallest absolute Gasteiger partial charge is 0.282 e. The van der Waals surface area contributed by atoms with Crippen molar-refractivity contribution in [3.05, 3.63) is 120 Å². The SMILES string of the molecule is CCCc1nc2ccc(Br)cc2c(=O)n1N=Cc1cc(C)n(-c2ccc(OCc3ccc(Cl)c(Cl)c3)cc2)c1C. The maximum absolute atomic E-state index is 13.3. The highest BCUT2D eigenvalue weighted by atomic mass is 79.9. The fourth-order valence-corrected chi connectivity index (χ4v) is 5.30. The zero-order valence-corrected chi connectivity index (χ0v) is 25.4. The Balaban J connectivity index is 1.40. The van der Waals surface area contributed by atoms with Crippen LogP contribution in [0, 0.1) is 13.8 Å². The molecular weight excluding hydrogens is 611 g/mol. The summed E-state index contributed by atoms with van der Waals surface area (Å²) < 4.78 is 10.3. The summed E-state index contributed by atoms with van der Waals surface area (Å²) in [6.45, 7) is 6.53. The Labute approximate surface area is 251 Å². The van der Waals surface area contributed by atoms with Crippen LogP contribution in [-0.4, -0.2) is 20.4 Å². The molecule has 3 aromatic carbocycles. The van der Waals surface area contributed by atoms with E-state index in [1.54, 1.807) is 24.4 Å². The topological polar surface area (TPSA) is 61.4 Å². The van der Waals surface area contributed by atoms with E-state index in [2.05, 4.69) is 38.6 Å². The van der Waals surface area contributed by atoms with E-state index in [-0.39, 0.29) is 5.56 Å². The fraction of sp³-hybridized carbons (Fsp3) is 0.194. The summed E-state index contributed by atoms with van der Waals surface area (Å²) >= 11 is 15.6. The minimum atomic E-state index is -0.184. The zero-order chi connectivity index (χ0) is 28.4. The lowest BCUT2D eigenvalue weighted by Crippen LogP contribution is -2.22. The number of aryl methyl sites for hydroxylation is 2. The van der Waals surface area contributed by atoms with Crippen molar-refractivity contribution in [1.82, 2.24) is 14.2 Å². The van der Waals surface area contributed by atoms with Crippen molar-refractivity contribution < 1.29 is 4.74 Å². The molecule has 0 N–H and O–H groups in total. The summed E-state index contributed by atoms with van der Waals surface area (Å²) in [5, 5.41) is 6.17. The van der Waals surface area contributed by atoms with Crippen LogP contribution in [0.4, 0.5) is 0 Å². The van der Waals surface area contributed by atoms with Crippen molar-refractivity contribution >= 4 is 56.2 Å². The summed E-state index contributed by atoms with van der Waals surface area (Å²) in [7, 11) is 0. The highest BCUT2D eigenvalue weighted by Gasteiger charge is 2.13. The predicted molar refractivity (Wildman–Crippen MR) is 167 cm³/mol. The predicted octanol–water partition coefficient (Wildman–Crippen LogP) is 8.29. The van der Waals surface area contributed by atoms with Crippen LogP contribution in [0.3, 0.4) is 0 Å². The van der Waals surface area contributed by atoms with Gasteiger partial charge < -0.3 is 9.30 Å². The first-order chi connectivity index (χ1) is 19.2. The van der Waals surface area contributed by atoms with E-state index in [0.717, 1.165) is 44.8 Å². The van der Waals surface area contributed by atoms with Crippen molar-refractivity contribution in [3.8, 4) is 11.4 Å². The lowest BCUT2D eigenvalue weighted by Gasteiger charge is -2.12. The van der Waals surface area contributed by atoms with Crippen LogP contribution in [0.1, 0.15) is 41.7 Å². The van der Waals surface area contributed by atoms with E-state index in [9.17, 15) is 4.79 Å². The van der Waals surface area contributed by atoms with Gasteiger partial charge in [0.25, 0.3) is 5.56 Å². The average Bonchev–Trinajstić information content (AvgIpc) is 3.22. The first kappa shape index (κ1) is 28.1. The number of aromatic nitrogens is 3. The minimum absolute atomic E-state index is 0.184. The number of rotatable bonds is 8. The summed E-state index contributed by atoms with van der Waals surface area (Å²) in [6.07, 6.45) is 3.24. The molecule has 9 heteroatoms. The Morgan fingerprint density at radius 3 is 2.50 bits per heavy atom. The van der Waals surface area contributed by atoms with Gasteiger partial charge in [-0.1, -0.05) is 52.1 Å². The van der Waals surface area contributed by atoms with E-state index >= 15 is 0 Å². The quantitative estimate of drug-likeness (QED) is 0.161. The molecule has 0 atom stereocenters. The molecule has 0 spiro atoms. The van der Waals surface area contributed by atoms with E-state index in [4.69, 9.17) is 32.9 Å². The molecule has 0 amide bonds. The van der Waals surface area contributed by atoms with E-state index in [1.165, 1.54) is 4.68 Å². The minimum Gasteiger partial charge on any atom is -0.489 e. The molecule has 6 nitrogen and oxygen atoms in total. The number of hydrogen-bond donors (Lipinski definition) is 0. The lowest BCUT2D eigenvalue weighted by molar-refractivity contribution is 0.306. The number of benzene rings is 3. The van der Waals surface area contributed by atoms with Gasteiger partial charge in [0.2, 0.25) is 0 Å². The van der Waals surface area contributed by atoms with Crippen LogP contribution in [0.2, 0.25) is 10.0 Å². The van der Waals surface area contributed by atoms with Gasteiger partial charge in [-0.05, 0) is 86.5 Å². The summed E-state index contributed by atoms with van der Waals surface area (Å²) in [5.74, 6) is 1.39. The Hall–Kier alpha value is -3.39. The van der Waals surface area contributed by atoms with Gasteiger partial charge >= 0.3 is 0 Å². The van der Waals surface area contributed by atoms with Crippen molar-refractivity contribution in [2.45, 2.75) is 40.2 Å². The van der Waals surface area contributed by atoms with E-state index in [0.29, 0.717) is 39.8 Å². The maximum Gasteiger partial charge on any atom is 0.282 e. The molecule has 0 aliphatic carbocycles. The molecule has 5 aromatic rings. The van der Waals surface area contributed by atoms with Gasteiger partial charge in [-0.3, -0.25) is 4.79 Å². The highest BCUT2D eigenvalue weighted by molar-refractivity contribution is 9.10. The van der Waals surface area contributed by atoms with Crippen molar-refractivity contribution in [1.29, 1.82) is 0 Å². The summed E-state index contributed by atoms with van der Waals surface area (Å²) in [4.78, 5) is 18.1. The van der Waals surface area contributed by atoms with Crippen molar-refractivity contribution in [2.75, 3.05) is 0 Å².